The van der Waals surface area contributed by atoms with Gasteiger partial charge in [0, 0.05) is 12.4 Å². The van der Waals surface area contributed by atoms with Gasteiger partial charge in [-0.15, -0.1) is 0 Å². The first-order valence-corrected chi connectivity index (χ1v) is 5.79. The van der Waals surface area contributed by atoms with E-state index in [-0.39, 0.29) is 5.92 Å². The smallest absolute Gasteiger partial charge is 0.314 e. The van der Waals surface area contributed by atoms with Crippen LogP contribution in [-0.4, -0.2) is 16.1 Å². The van der Waals surface area contributed by atoms with Gasteiger partial charge >= 0.3 is 5.97 Å². The van der Waals surface area contributed by atoms with Crippen molar-refractivity contribution in [3.05, 3.63) is 30.1 Å². The van der Waals surface area contributed by atoms with Crippen LogP contribution in [0.5, 0.6) is 0 Å². The van der Waals surface area contributed by atoms with E-state index in [0.29, 0.717) is 0 Å². The Hall–Kier alpha value is -1.38. The third-order valence-electron chi connectivity index (χ3n) is 3.88. The fraction of sp³-hybridized carbons (Fsp3) is 0.538. The topological polar surface area (TPSA) is 50.2 Å². The van der Waals surface area contributed by atoms with Gasteiger partial charge in [0.15, 0.2) is 0 Å². The van der Waals surface area contributed by atoms with Gasteiger partial charge in [-0.25, -0.2) is 0 Å². The summed E-state index contributed by atoms with van der Waals surface area (Å²) in [5.74, 6) is -0.485. The van der Waals surface area contributed by atoms with E-state index in [9.17, 15) is 9.90 Å². The van der Waals surface area contributed by atoms with Gasteiger partial charge in [0.2, 0.25) is 0 Å². The summed E-state index contributed by atoms with van der Waals surface area (Å²) in [6, 6.07) is 3.69. The number of hydrogen-bond acceptors (Lipinski definition) is 2. The predicted octanol–water partition coefficient (Wildman–Crippen LogP) is 2.61. The number of nitrogens with zero attached hydrogens (tertiary/aromatic N) is 1. The molecule has 1 unspecified atom stereocenters. The van der Waals surface area contributed by atoms with Crippen LogP contribution in [0.2, 0.25) is 0 Å². The van der Waals surface area contributed by atoms with Gasteiger partial charge in [-0.05, 0) is 37.3 Å². The van der Waals surface area contributed by atoms with Gasteiger partial charge in [0.25, 0.3) is 0 Å². The first-order chi connectivity index (χ1) is 7.65. The van der Waals surface area contributed by atoms with E-state index in [1.807, 2.05) is 19.1 Å². The van der Waals surface area contributed by atoms with E-state index in [1.165, 1.54) is 0 Å². The van der Waals surface area contributed by atoms with Gasteiger partial charge in [-0.2, -0.15) is 0 Å². The molecule has 0 amide bonds. The number of carbonyl (C=O) groups is 1. The van der Waals surface area contributed by atoms with E-state index >= 15 is 0 Å². The molecule has 1 atom stereocenters. The van der Waals surface area contributed by atoms with E-state index in [2.05, 4.69) is 4.98 Å². The van der Waals surface area contributed by atoms with Crippen molar-refractivity contribution in [1.82, 2.24) is 4.98 Å². The van der Waals surface area contributed by atoms with Crippen LogP contribution >= 0.6 is 0 Å². The minimum atomic E-state index is -0.773. The maximum absolute atomic E-state index is 11.6. The lowest BCUT2D eigenvalue weighted by atomic mass is 9.71. The van der Waals surface area contributed by atoms with E-state index in [1.54, 1.807) is 12.4 Å². The molecule has 3 heteroatoms. The molecule has 0 bridgehead atoms. The summed E-state index contributed by atoms with van der Waals surface area (Å²) in [6.07, 6.45) is 7.68. The number of rotatable bonds is 3. The lowest BCUT2D eigenvalue weighted by Crippen LogP contribution is -2.39. The molecular formula is C13H17NO2. The van der Waals surface area contributed by atoms with E-state index in [0.717, 1.165) is 31.2 Å². The molecule has 0 spiro atoms. The zero-order valence-corrected chi connectivity index (χ0v) is 9.52. The van der Waals surface area contributed by atoms with Crippen LogP contribution in [-0.2, 0) is 10.2 Å². The molecule has 1 heterocycles. The molecule has 1 N–H and O–H groups in total. The predicted molar refractivity (Wildman–Crippen MR) is 61.2 cm³/mol. The lowest BCUT2D eigenvalue weighted by Gasteiger charge is -2.31. The first-order valence-electron chi connectivity index (χ1n) is 5.79. The van der Waals surface area contributed by atoms with Crippen molar-refractivity contribution in [2.75, 3.05) is 0 Å². The molecule has 1 fully saturated rings. The summed E-state index contributed by atoms with van der Waals surface area (Å²) in [5, 5.41) is 9.52. The molecule has 1 aliphatic rings. The first kappa shape index (κ1) is 11.1. The van der Waals surface area contributed by atoms with Gasteiger partial charge in [-0.3, -0.25) is 9.78 Å². The third kappa shape index (κ3) is 1.70. The van der Waals surface area contributed by atoms with Crippen molar-refractivity contribution in [3.63, 3.8) is 0 Å². The second kappa shape index (κ2) is 4.24. The third-order valence-corrected chi connectivity index (χ3v) is 3.88. The molecule has 3 nitrogen and oxygen atoms in total. The van der Waals surface area contributed by atoms with Gasteiger partial charge in [0.05, 0.1) is 5.41 Å². The van der Waals surface area contributed by atoms with Crippen LogP contribution in [0.4, 0.5) is 0 Å². The number of carboxylic acids is 1. The average Bonchev–Trinajstić information content (AvgIpc) is 2.82. The minimum absolute atomic E-state index is 0.245. The largest absolute Gasteiger partial charge is 0.481 e. The Balaban J connectivity index is 2.39. The molecule has 2 rings (SSSR count). The van der Waals surface area contributed by atoms with E-state index in [4.69, 9.17) is 0 Å². The SMILES string of the molecule is CC(C(=O)O)(c1cccnc1)C1CCCC1. The lowest BCUT2D eigenvalue weighted by molar-refractivity contribution is -0.145. The molecule has 1 aromatic heterocycles. The molecular weight excluding hydrogens is 202 g/mol. The average molecular weight is 219 g/mol. The quantitative estimate of drug-likeness (QED) is 0.850. The van der Waals surface area contributed by atoms with Gasteiger partial charge < -0.3 is 5.11 Å². The fourth-order valence-electron chi connectivity index (χ4n) is 2.71. The standard InChI is InChI=1S/C13H17NO2/c1-13(12(15)16,10-5-2-3-6-10)11-7-4-8-14-9-11/h4,7-10H,2-3,5-6H2,1H3,(H,15,16). The molecule has 0 aliphatic heterocycles. The highest BCUT2D eigenvalue weighted by atomic mass is 16.4. The Labute approximate surface area is 95.5 Å². The van der Waals surface area contributed by atoms with Crippen LogP contribution in [0.3, 0.4) is 0 Å². The Morgan fingerprint density at radius 1 is 1.50 bits per heavy atom. The summed E-state index contributed by atoms with van der Waals surface area (Å²) in [7, 11) is 0. The van der Waals surface area contributed by atoms with Gasteiger partial charge in [-0.1, -0.05) is 18.9 Å². The number of hydrogen-bond donors (Lipinski definition) is 1. The summed E-state index contributed by atoms with van der Waals surface area (Å²) in [5.41, 5.74) is 0.0551. The van der Waals surface area contributed by atoms with Crippen LogP contribution in [0.15, 0.2) is 24.5 Å². The summed E-state index contributed by atoms with van der Waals surface area (Å²) >= 11 is 0. The van der Waals surface area contributed by atoms with Crippen molar-refractivity contribution in [3.8, 4) is 0 Å². The van der Waals surface area contributed by atoms with Crippen LogP contribution < -0.4 is 0 Å². The van der Waals surface area contributed by atoms with Crippen LogP contribution in [0.1, 0.15) is 38.2 Å². The minimum Gasteiger partial charge on any atom is -0.481 e. The molecule has 1 saturated carbocycles. The summed E-state index contributed by atoms with van der Waals surface area (Å²) in [4.78, 5) is 15.6. The number of aromatic nitrogens is 1. The van der Waals surface area contributed by atoms with Crippen molar-refractivity contribution >= 4 is 5.97 Å². The molecule has 16 heavy (non-hydrogen) atoms. The maximum Gasteiger partial charge on any atom is 0.314 e. The number of pyridine rings is 1. The van der Waals surface area contributed by atoms with Crippen LogP contribution in [0.25, 0.3) is 0 Å². The zero-order chi connectivity index (χ0) is 11.6. The second-order valence-corrected chi connectivity index (χ2v) is 4.73. The Morgan fingerprint density at radius 3 is 2.69 bits per heavy atom. The molecule has 86 valence electrons. The number of carboxylic acid groups (broad SMARTS) is 1. The summed E-state index contributed by atoms with van der Waals surface area (Å²) in [6.45, 7) is 1.84. The molecule has 0 aromatic carbocycles. The maximum atomic E-state index is 11.6. The number of aliphatic carboxylic acids is 1. The fourth-order valence-corrected chi connectivity index (χ4v) is 2.71. The Morgan fingerprint density at radius 2 is 2.19 bits per heavy atom. The van der Waals surface area contributed by atoms with Crippen molar-refractivity contribution in [2.45, 2.75) is 38.0 Å². The monoisotopic (exact) mass is 219 g/mol. The van der Waals surface area contributed by atoms with Crippen LogP contribution in [0, 0.1) is 5.92 Å². The Kier molecular flexibility index (Phi) is 2.95. The van der Waals surface area contributed by atoms with Gasteiger partial charge in [0.1, 0.15) is 0 Å². The Bertz CT molecular complexity index is 371. The second-order valence-electron chi connectivity index (χ2n) is 4.73. The molecule has 0 saturated heterocycles. The molecule has 1 aliphatic carbocycles. The highest BCUT2D eigenvalue weighted by molar-refractivity contribution is 5.81. The highest BCUT2D eigenvalue weighted by Crippen LogP contribution is 2.42. The zero-order valence-electron chi connectivity index (χ0n) is 9.52. The van der Waals surface area contributed by atoms with Crippen molar-refractivity contribution in [1.29, 1.82) is 0 Å². The van der Waals surface area contributed by atoms with Crippen molar-refractivity contribution < 1.29 is 9.90 Å². The highest BCUT2D eigenvalue weighted by Gasteiger charge is 2.44. The van der Waals surface area contributed by atoms with Crippen molar-refractivity contribution in [2.24, 2.45) is 5.92 Å². The summed E-state index contributed by atoms with van der Waals surface area (Å²) < 4.78 is 0. The normalized spacial score (nSPS) is 20.6. The molecule has 1 aromatic rings. The molecule has 0 radical (unpaired) electrons. The van der Waals surface area contributed by atoms with E-state index < -0.39 is 11.4 Å².